The van der Waals surface area contributed by atoms with Crippen LogP contribution in [0.5, 0.6) is 0 Å². The van der Waals surface area contributed by atoms with E-state index in [1.54, 1.807) is 18.2 Å². The minimum absolute atomic E-state index is 0.266. The zero-order chi connectivity index (χ0) is 17.3. The lowest BCUT2D eigenvalue weighted by atomic mass is 10.1. The summed E-state index contributed by atoms with van der Waals surface area (Å²) in [6.45, 7) is 1.94. The third-order valence-corrected chi connectivity index (χ3v) is 5.48. The Morgan fingerprint density at radius 1 is 1.12 bits per heavy atom. The molecule has 3 nitrogen and oxygen atoms in total. The standard InChI is InChI=1S/C18H12INO2S2/c1-11-2-6-13(7-3-11)16(21)20-17(22)15(24-18(20)23)10-12-4-8-14(19)9-5-12/h2-10H,1H3/b15-10+. The number of aryl methyl sites for hydroxylation is 1. The van der Waals surface area contributed by atoms with Crippen molar-refractivity contribution in [2.75, 3.05) is 0 Å². The summed E-state index contributed by atoms with van der Waals surface area (Å²) in [4.78, 5) is 26.7. The lowest BCUT2D eigenvalue weighted by Crippen LogP contribution is -2.34. The van der Waals surface area contributed by atoms with Gasteiger partial charge >= 0.3 is 0 Å². The number of hydrogen-bond acceptors (Lipinski definition) is 4. The zero-order valence-electron chi connectivity index (χ0n) is 12.7. The Bertz CT molecular complexity index is 858. The molecule has 120 valence electrons. The molecule has 2 amide bonds. The van der Waals surface area contributed by atoms with E-state index in [2.05, 4.69) is 22.6 Å². The van der Waals surface area contributed by atoms with Crippen LogP contribution >= 0.6 is 46.6 Å². The predicted molar refractivity (Wildman–Crippen MR) is 110 cm³/mol. The van der Waals surface area contributed by atoms with Crippen LogP contribution in [0.3, 0.4) is 0 Å². The molecule has 3 rings (SSSR count). The Morgan fingerprint density at radius 3 is 2.38 bits per heavy atom. The topological polar surface area (TPSA) is 37.4 Å². The van der Waals surface area contributed by atoms with Gasteiger partial charge in [-0.25, -0.2) is 4.90 Å². The molecular weight excluding hydrogens is 453 g/mol. The number of carbonyl (C=O) groups is 2. The number of thioether (sulfide) groups is 1. The van der Waals surface area contributed by atoms with E-state index in [0.717, 1.165) is 31.4 Å². The van der Waals surface area contributed by atoms with Gasteiger partial charge in [0.2, 0.25) is 0 Å². The van der Waals surface area contributed by atoms with E-state index >= 15 is 0 Å². The highest BCUT2D eigenvalue weighted by molar-refractivity contribution is 14.1. The number of benzene rings is 2. The summed E-state index contributed by atoms with van der Waals surface area (Å²) in [5.74, 6) is -0.752. The van der Waals surface area contributed by atoms with Crippen molar-refractivity contribution >= 4 is 68.8 Å². The lowest BCUT2D eigenvalue weighted by molar-refractivity contribution is -0.120. The van der Waals surface area contributed by atoms with E-state index < -0.39 is 0 Å². The van der Waals surface area contributed by atoms with Gasteiger partial charge < -0.3 is 0 Å². The van der Waals surface area contributed by atoms with Crippen molar-refractivity contribution in [3.63, 3.8) is 0 Å². The fraction of sp³-hybridized carbons (Fsp3) is 0.0556. The zero-order valence-corrected chi connectivity index (χ0v) is 16.4. The maximum atomic E-state index is 12.6. The van der Waals surface area contributed by atoms with E-state index in [1.807, 2.05) is 43.3 Å². The molecule has 0 unspecified atom stereocenters. The van der Waals surface area contributed by atoms with E-state index in [-0.39, 0.29) is 16.1 Å². The fourth-order valence-electron chi connectivity index (χ4n) is 2.18. The summed E-state index contributed by atoms with van der Waals surface area (Å²) in [7, 11) is 0. The SMILES string of the molecule is Cc1ccc(C(=O)N2C(=O)/C(=C\c3ccc(I)cc3)SC2=S)cc1. The fourth-order valence-corrected chi connectivity index (χ4v) is 3.79. The van der Waals surface area contributed by atoms with Gasteiger partial charge in [0.15, 0.2) is 4.32 Å². The largest absolute Gasteiger partial charge is 0.273 e. The summed E-state index contributed by atoms with van der Waals surface area (Å²) in [5, 5.41) is 0. The highest BCUT2D eigenvalue weighted by Gasteiger charge is 2.37. The van der Waals surface area contributed by atoms with E-state index in [4.69, 9.17) is 12.2 Å². The van der Waals surface area contributed by atoms with Crippen molar-refractivity contribution in [3.05, 3.63) is 73.7 Å². The number of rotatable bonds is 2. The van der Waals surface area contributed by atoms with Crippen LogP contribution in [0.25, 0.3) is 6.08 Å². The predicted octanol–water partition coefficient (Wildman–Crippen LogP) is 4.64. The van der Waals surface area contributed by atoms with Crippen molar-refractivity contribution in [1.82, 2.24) is 4.90 Å². The summed E-state index contributed by atoms with van der Waals surface area (Å²) in [6.07, 6.45) is 1.76. The minimum atomic E-state index is -0.386. The lowest BCUT2D eigenvalue weighted by Gasteiger charge is -2.12. The normalized spacial score (nSPS) is 16.1. The van der Waals surface area contributed by atoms with Gasteiger partial charge in [0.25, 0.3) is 11.8 Å². The van der Waals surface area contributed by atoms with Crippen LogP contribution in [-0.4, -0.2) is 21.0 Å². The first kappa shape index (κ1) is 17.3. The van der Waals surface area contributed by atoms with Crippen LogP contribution in [0.1, 0.15) is 21.5 Å². The molecule has 1 fully saturated rings. The van der Waals surface area contributed by atoms with Crippen molar-refractivity contribution < 1.29 is 9.59 Å². The molecule has 2 aromatic rings. The molecule has 1 saturated heterocycles. The number of imide groups is 1. The summed E-state index contributed by atoms with van der Waals surface area (Å²) in [5.41, 5.74) is 2.40. The number of hydrogen-bond donors (Lipinski definition) is 0. The molecule has 0 radical (unpaired) electrons. The Morgan fingerprint density at radius 2 is 1.75 bits per heavy atom. The first-order valence-corrected chi connectivity index (χ1v) is 9.40. The van der Waals surface area contributed by atoms with Crippen LogP contribution in [0, 0.1) is 10.5 Å². The Kier molecular flexibility index (Phi) is 5.17. The molecule has 0 bridgehead atoms. The molecule has 2 aromatic carbocycles. The van der Waals surface area contributed by atoms with Crippen LogP contribution in [0.15, 0.2) is 53.4 Å². The van der Waals surface area contributed by atoms with E-state index in [9.17, 15) is 9.59 Å². The summed E-state index contributed by atoms with van der Waals surface area (Å²) in [6, 6.07) is 14.9. The van der Waals surface area contributed by atoms with Crippen LogP contribution in [0.2, 0.25) is 0 Å². The third-order valence-electron chi connectivity index (χ3n) is 3.46. The number of nitrogens with zero attached hydrogens (tertiary/aromatic N) is 1. The molecule has 0 N–H and O–H groups in total. The quantitative estimate of drug-likeness (QED) is 0.280. The minimum Gasteiger partial charge on any atom is -0.268 e. The van der Waals surface area contributed by atoms with Crippen molar-refractivity contribution in [2.24, 2.45) is 0 Å². The van der Waals surface area contributed by atoms with E-state index in [1.165, 1.54) is 0 Å². The monoisotopic (exact) mass is 465 g/mol. The average Bonchev–Trinajstić information content (AvgIpc) is 2.83. The third kappa shape index (κ3) is 3.60. The number of carbonyl (C=O) groups excluding carboxylic acids is 2. The number of amides is 2. The Hall–Kier alpha value is -1.51. The highest BCUT2D eigenvalue weighted by atomic mass is 127. The van der Waals surface area contributed by atoms with Gasteiger partial charge in [-0.05, 0) is 65.4 Å². The van der Waals surface area contributed by atoms with E-state index in [0.29, 0.717) is 10.5 Å². The Labute approximate surface area is 163 Å². The number of halogens is 1. The summed E-state index contributed by atoms with van der Waals surface area (Å²) >= 11 is 8.61. The Balaban J connectivity index is 1.87. The molecule has 1 aliphatic heterocycles. The van der Waals surface area contributed by atoms with Gasteiger partial charge in [0, 0.05) is 9.13 Å². The van der Waals surface area contributed by atoms with Gasteiger partial charge in [-0.2, -0.15) is 0 Å². The second kappa shape index (κ2) is 7.16. The van der Waals surface area contributed by atoms with Crippen LogP contribution in [-0.2, 0) is 4.79 Å². The molecule has 24 heavy (non-hydrogen) atoms. The maximum Gasteiger partial charge on any atom is 0.273 e. The van der Waals surface area contributed by atoms with Crippen molar-refractivity contribution in [3.8, 4) is 0 Å². The second-order valence-corrected chi connectivity index (χ2v) is 8.16. The molecule has 6 heteroatoms. The van der Waals surface area contributed by atoms with Crippen molar-refractivity contribution in [1.29, 1.82) is 0 Å². The number of thiocarbonyl (C=S) groups is 1. The molecule has 0 aliphatic carbocycles. The molecule has 0 atom stereocenters. The molecule has 0 saturated carbocycles. The van der Waals surface area contributed by atoms with Crippen molar-refractivity contribution in [2.45, 2.75) is 6.92 Å². The smallest absolute Gasteiger partial charge is 0.268 e. The molecule has 0 aromatic heterocycles. The molecular formula is C18H12INO2S2. The average molecular weight is 465 g/mol. The first-order valence-electron chi connectivity index (χ1n) is 7.10. The summed E-state index contributed by atoms with van der Waals surface area (Å²) < 4.78 is 1.38. The maximum absolute atomic E-state index is 12.6. The highest BCUT2D eigenvalue weighted by Crippen LogP contribution is 2.33. The van der Waals surface area contributed by atoms with Gasteiger partial charge in [-0.3, -0.25) is 9.59 Å². The van der Waals surface area contributed by atoms with Gasteiger partial charge in [0.05, 0.1) is 4.91 Å². The second-order valence-electron chi connectivity index (χ2n) is 5.24. The molecule has 0 spiro atoms. The van der Waals surface area contributed by atoms with Crippen LogP contribution < -0.4 is 0 Å². The molecule has 1 aliphatic rings. The van der Waals surface area contributed by atoms with Crippen LogP contribution in [0.4, 0.5) is 0 Å². The van der Waals surface area contributed by atoms with Gasteiger partial charge in [-0.15, -0.1) is 0 Å². The van der Waals surface area contributed by atoms with Gasteiger partial charge in [-0.1, -0.05) is 53.8 Å². The first-order chi connectivity index (χ1) is 11.5. The molecule has 1 heterocycles. The van der Waals surface area contributed by atoms with Gasteiger partial charge in [0.1, 0.15) is 0 Å².